The number of fused-ring (bicyclic) bond motifs is 1. The summed E-state index contributed by atoms with van der Waals surface area (Å²) in [5, 5.41) is 8.91. The van der Waals surface area contributed by atoms with Crippen LogP contribution in [0.1, 0.15) is 50.6 Å². The van der Waals surface area contributed by atoms with Crippen LogP contribution >= 0.6 is 23.2 Å². The van der Waals surface area contributed by atoms with Crippen LogP contribution in [0.3, 0.4) is 0 Å². The van der Waals surface area contributed by atoms with Gasteiger partial charge in [0.2, 0.25) is 0 Å². The van der Waals surface area contributed by atoms with Crippen molar-refractivity contribution in [1.82, 2.24) is 14.7 Å². The van der Waals surface area contributed by atoms with Gasteiger partial charge in [-0.2, -0.15) is 5.10 Å². The van der Waals surface area contributed by atoms with Crippen LogP contribution in [0.2, 0.25) is 10.0 Å². The molecule has 1 N–H and O–H groups in total. The van der Waals surface area contributed by atoms with Crippen molar-refractivity contribution < 1.29 is 4.79 Å². The van der Waals surface area contributed by atoms with Crippen molar-refractivity contribution >= 4 is 34.9 Å². The zero-order valence-corrected chi connectivity index (χ0v) is 17.4. The average Bonchev–Trinajstić information content (AvgIpc) is 3.00. The minimum absolute atomic E-state index is 0.0640. The molecule has 4 rings (SSSR count). The molecule has 7 heteroatoms. The Balaban J connectivity index is 1.77. The number of carbonyl (C=O) groups is 1. The zero-order chi connectivity index (χ0) is 19.7. The smallest absolute Gasteiger partial charge is 0.254 e. The molecule has 2 aromatic rings. The predicted molar refractivity (Wildman–Crippen MR) is 113 cm³/mol. The van der Waals surface area contributed by atoms with Gasteiger partial charge in [-0.05, 0) is 37.5 Å². The fourth-order valence-electron chi connectivity index (χ4n) is 4.11. The molecule has 0 spiro atoms. The highest BCUT2D eigenvalue weighted by molar-refractivity contribution is 6.33. The monoisotopic (exact) mass is 418 g/mol. The van der Waals surface area contributed by atoms with Crippen LogP contribution in [-0.2, 0) is 4.79 Å². The standard InChI is InChI=1S/C21H24Cl2N4O/c1-14-18(21(28)26-10-5-3-2-4-6-11-26)19(15-8-7-9-16(22)12-15)27-20(25-14)17(23)13-24-27/h7-9,12-13,19,25H,2-6,10-11H2,1H3. The maximum atomic E-state index is 13.6. The van der Waals surface area contributed by atoms with Gasteiger partial charge in [0.15, 0.2) is 0 Å². The zero-order valence-electron chi connectivity index (χ0n) is 15.9. The number of halogens is 2. The Morgan fingerprint density at radius 1 is 1.14 bits per heavy atom. The first-order chi connectivity index (χ1) is 13.6. The van der Waals surface area contributed by atoms with E-state index in [9.17, 15) is 4.79 Å². The first kappa shape index (κ1) is 19.3. The molecule has 0 saturated carbocycles. The quantitative estimate of drug-likeness (QED) is 0.722. The fraction of sp³-hybridized carbons (Fsp3) is 0.429. The lowest BCUT2D eigenvalue weighted by atomic mass is 9.94. The Morgan fingerprint density at radius 2 is 1.86 bits per heavy atom. The second kappa shape index (κ2) is 8.18. The van der Waals surface area contributed by atoms with Crippen molar-refractivity contribution in [3.8, 4) is 0 Å². The van der Waals surface area contributed by atoms with E-state index in [1.807, 2.05) is 36.1 Å². The number of rotatable bonds is 2. The number of nitrogens with zero attached hydrogens (tertiary/aromatic N) is 3. The summed E-state index contributed by atoms with van der Waals surface area (Å²) in [6.45, 7) is 3.52. The highest BCUT2D eigenvalue weighted by Gasteiger charge is 2.36. The number of amides is 1. The van der Waals surface area contributed by atoms with Gasteiger partial charge in [0.05, 0.1) is 11.8 Å². The third-order valence-corrected chi connectivity index (χ3v) is 6.03. The van der Waals surface area contributed by atoms with Crippen molar-refractivity contribution in [2.75, 3.05) is 18.4 Å². The molecule has 2 aliphatic heterocycles. The number of allylic oxidation sites excluding steroid dienone is 1. The first-order valence-electron chi connectivity index (χ1n) is 9.82. The van der Waals surface area contributed by atoms with Gasteiger partial charge in [0.25, 0.3) is 5.91 Å². The number of aromatic nitrogens is 2. The lowest BCUT2D eigenvalue weighted by molar-refractivity contribution is -0.128. The number of carbonyl (C=O) groups excluding carboxylic acids is 1. The van der Waals surface area contributed by atoms with Crippen LogP contribution in [-0.4, -0.2) is 33.7 Å². The Morgan fingerprint density at radius 3 is 2.57 bits per heavy atom. The van der Waals surface area contributed by atoms with E-state index in [-0.39, 0.29) is 11.9 Å². The van der Waals surface area contributed by atoms with Crippen LogP contribution in [0, 0.1) is 0 Å². The van der Waals surface area contributed by atoms with E-state index in [1.54, 1.807) is 10.9 Å². The molecule has 5 nitrogen and oxygen atoms in total. The molecule has 28 heavy (non-hydrogen) atoms. The molecule has 0 bridgehead atoms. The number of benzene rings is 1. The first-order valence-corrected chi connectivity index (χ1v) is 10.6. The maximum Gasteiger partial charge on any atom is 0.254 e. The van der Waals surface area contributed by atoms with Crippen molar-refractivity contribution in [2.45, 2.75) is 45.1 Å². The van der Waals surface area contributed by atoms with Gasteiger partial charge >= 0.3 is 0 Å². The number of likely N-dealkylation sites (tertiary alicyclic amines) is 1. The molecule has 0 aliphatic carbocycles. The number of hydrogen-bond donors (Lipinski definition) is 1. The van der Waals surface area contributed by atoms with Crippen LogP contribution in [0.5, 0.6) is 0 Å². The van der Waals surface area contributed by atoms with Gasteiger partial charge in [-0.3, -0.25) is 4.79 Å². The fourth-order valence-corrected chi connectivity index (χ4v) is 4.49. The van der Waals surface area contributed by atoms with Crippen LogP contribution in [0.15, 0.2) is 41.7 Å². The van der Waals surface area contributed by atoms with Crippen molar-refractivity contribution in [2.24, 2.45) is 0 Å². The molecule has 148 valence electrons. The van der Waals surface area contributed by atoms with E-state index in [4.69, 9.17) is 23.2 Å². The van der Waals surface area contributed by atoms with Gasteiger partial charge in [0, 0.05) is 23.8 Å². The summed E-state index contributed by atoms with van der Waals surface area (Å²) in [4.78, 5) is 15.6. The Labute approximate surface area is 175 Å². The van der Waals surface area contributed by atoms with Gasteiger partial charge in [-0.1, -0.05) is 54.6 Å². The van der Waals surface area contributed by atoms with Crippen LogP contribution < -0.4 is 5.32 Å². The van der Waals surface area contributed by atoms with E-state index in [0.29, 0.717) is 21.4 Å². The lowest BCUT2D eigenvalue weighted by Gasteiger charge is -2.34. The number of nitrogens with one attached hydrogen (secondary N) is 1. The molecule has 1 aromatic heterocycles. The van der Waals surface area contributed by atoms with Gasteiger partial charge in [-0.15, -0.1) is 0 Å². The van der Waals surface area contributed by atoms with E-state index >= 15 is 0 Å². The van der Waals surface area contributed by atoms with Crippen LogP contribution in [0.4, 0.5) is 5.82 Å². The third kappa shape index (κ3) is 3.65. The summed E-state index contributed by atoms with van der Waals surface area (Å²) in [7, 11) is 0. The molecule has 1 atom stereocenters. The maximum absolute atomic E-state index is 13.6. The molecule has 1 unspecified atom stereocenters. The number of hydrogen-bond acceptors (Lipinski definition) is 3. The Hall–Kier alpha value is -1.98. The second-order valence-electron chi connectivity index (χ2n) is 7.47. The highest BCUT2D eigenvalue weighted by Crippen LogP contribution is 2.40. The lowest BCUT2D eigenvalue weighted by Crippen LogP contribution is -2.39. The van der Waals surface area contributed by atoms with Gasteiger partial charge < -0.3 is 10.2 Å². The summed E-state index contributed by atoms with van der Waals surface area (Å²) >= 11 is 12.6. The summed E-state index contributed by atoms with van der Waals surface area (Å²) in [5.74, 6) is 0.766. The highest BCUT2D eigenvalue weighted by atomic mass is 35.5. The van der Waals surface area contributed by atoms with Crippen molar-refractivity contribution in [3.63, 3.8) is 0 Å². The third-order valence-electron chi connectivity index (χ3n) is 5.52. The predicted octanol–water partition coefficient (Wildman–Crippen LogP) is 5.27. The number of anilines is 1. The van der Waals surface area contributed by atoms with E-state index in [1.165, 1.54) is 19.3 Å². The molecular weight excluding hydrogens is 395 g/mol. The summed E-state index contributed by atoms with van der Waals surface area (Å²) in [6.07, 6.45) is 7.32. The SMILES string of the molecule is CC1=C(C(=O)N2CCCCCCC2)C(c2cccc(Cl)c2)n2ncc(Cl)c2N1. The van der Waals surface area contributed by atoms with Gasteiger partial charge in [-0.25, -0.2) is 4.68 Å². The molecular formula is C21H24Cl2N4O. The van der Waals surface area contributed by atoms with Crippen molar-refractivity contribution in [3.05, 3.63) is 57.3 Å². The molecule has 1 amide bonds. The Bertz CT molecular complexity index is 913. The van der Waals surface area contributed by atoms with Gasteiger partial charge in [0.1, 0.15) is 16.9 Å². The summed E-state index contributed by atoms with van der Waals surface area (Å²) < 4.78 is 1.79. The second-order valence-corrected chi connectivity index (χ2v) is 8.31. The average molecular weight is 419 g/mol. The van der Waals surface area contributed by atoms with Crippen LogP contribution in [0.25, 0.3) is 0 Å². The molecule has 2 aliphatic rings. The summed E-state index contributed by atoms with van der Waals surface area (Å²) in [6, 6.07) is 7.25. The minimum Gasteiger partial charge on any atom is -0.342 e. The minimum atomic E-state index is -0.361. The molecule has 1 fully saturated rings. The van der Waals surface area contributed by atoms with Crippen molar-refractivity contribution in [1.29, 1.82) is 0 Å². The molecule has 1 aromatic carbocycles. The largest absolute Gasteiger partial charge is 0.342 e. The molecule has 3 heterocycles. The van der Waals surface area contributed by atoms with E-state index in [2.05, 4.69) is 10.4 Å². The topological polar surface area (TPSA) is 50.2 Å². The Kier molecular flexibility index (Phi) is 5.65. The molecule has 1 saturated heterocycles. The summed E-state index contributed by atoms with van der Waals surface area (Å²) in [5.41, 5.74) is 2.44. The normalized spacial score (nSPS) is 20.2. The van der Waals surface area contributed by atoms with E-state index < -0.39 is 0 Å². The molecule has 0 radical (unpaired) electrons. The van der Waals surface area contributed by atoms with E-state index in [0.717, 1.165) is 37.2 Å².